The number of benzene rings is 1. The monoisotopic (exact) mass is 222 g/mol. The van der Waals surface area contributed by atoms with E-state index >= 15 is 0 Å². The highest BCUT2D eigenvalue weighted by Crippen LogP contribution is 2.36. The molecule has 1 aromatic carbocycles. The molecule has 16 heavy (non-hydrogen) atoms. The molecule has 0 unspecified atom stereocenters. The number of hydrogen-bond acceptors (Lipinski definition) is 4. The van der Waals surface area contributed by atoms with Crippen molar-refractivity contribution in [2.45, 2.75) is 6.42 Å². The van der Waals surface area contributed by atoms with Crippen LogP contribution in [0.25, 0.3) is 0 Å². The van der Waals surface area contributed by atoms with Crippen LogP contribution < -0.4 is 14.2 Å². The molecule has 5 heteroatoms. The molecule has 0 saturated heterocycles. The maximum absolute atomic E-state index is 10.5. The first-order chi connectivity index (χ1) is 7.69. The highest BCUT2D eigenvalue weighted by Gasteiger charge is 2.16. The van der Waals surface area contributed by atoms with Crippen molar-refractivity contribution in [3.63, 3.8) is 0 Å². The smallest absolute Gasteiger partial charge is 0.311 e. The maximum Gasteiger partial charge on any atom is 0.311 e. The molecular formula is C11H10O5. The van der Waals surface area contributed by atoms with Crippen molar-refractivity contribution in [3.05, 3.63) is 30.2 Å². The second kappa shape index (κ2) is 4.14. The first kappa shape index (κ1) is 10.4. The number of ether oxygens (including phenoxy) is 3. The highest BCUT2D eigenvalue weighted by molar-refractivity contribution is 5.69. The summed E-state index contributed by atoms with van der Waals surface area (Å²) < 4.78 is 15.6. The Labute approximate surface area is 91.9 Å². The van der Waals surface area contributed by atoms with Gasteiger partial charge in [-0.15, -0.1) is 0 Å². The molecule has 2 rings (SSSR count). The zero-order valence-corrected chi connectivity index (χ0v) is 8.60. The van der Waals surface area contributed by atoms with E-state index in [-0.39, 0.29) is 12.2 Å². The maximum atomic E-state index is 10.5. The quantitative estimate of drug-likeness (QED) is 0.844. The van der Waals surface area contributed by atoms with E-state index in [9.17, 15) is 4.79 Å². The molecule has 1 N–H and O–H groups in total. The Balaban J connectivity index is 2.20. The van der Waals surface area contributed by atoms with Crippen molar-refractivity contribution in [1.29, 1.82) is 0 Å². The Hall–Kier alpha value is -2.17. The predicted octanol–water partition coefficient (Wildman–Crippen LogP) is 1.78. The average molecular weight is 222 g/mol. The minimum Gasteiger partial charge on any atom is -0.497 e. The molecule has 0 saturated carbocycles. The Morgan fingerprint density at radius 2 is 2.25 bits per heavy atom. The summed E-state index contributed by atoms with van der Waals surface area (Å²) in [6, 6.07) is 5.07. The predicted molar refractivity (Wildman–Crippen MR) is 54.6 cm³/mol. The Morgan fingerprint density at radius 3 is 2.94 bits per heavy atom. The van der Waals surface area contributed by atoms with E-state index in [0.717, 1.165) is 0 Å². The molecule has 0 spiro atoms. The van der Waals surface area contributed by atoms with Crippen molar-refractivity contribution in [2.75, 3.05) is 7.11 Å². The molecule has 0 aromatic heterocycles. The third-order valence-electron chi connectivity index (χ3n) is 2.03. The summed E-state index contributed by atoms with van der Waals surface area (Å²) in [6.07, 6.45) is 1.08. The number of carbonyl (C=O) groups is 1. The second-order valence-corrected chi connectivity index (χ2v) is 3.19. The second-order valence-electron chi connectivity index (χ2n) is 3.19. The number of carboxylic acids is 1. The largest absolute Gasteiger partial charge is 0.497 e. The lowest BCUT2D eigenvalue weighted by Gasteiger charge is -2.17. The highest BCUT2D eigenvalue weighted by atomic mass is 16.6. The molecule has 0 radical (unpaired) electrons. The van der Waals surface area contributed by atoms with Gasteiger partial charge < -0.3 is 19.3 Å². The van der Waals surface area contributed by atoms with Gasteiger partial charge in [0.2, 0.25) is 0 Å². The average Bonchev–Trinajstić information content (AvgIpc) is 2.27. The number of methoxy groups -OCH3 is 1. The lowest BCUT2D eigenvalue weighted by atomic mass is 10.2. The van der Waals surface area contributed by atoms with E-state index in [1.165, 1.54) is 6.26 Å². The van der Waals surface area contributed by atoms with Crippen LogP contribution in [0.15, 0.2) is 30.2 Å². The molecular weight excluding hydrogens is 212 g/mol. The van der Waals surface area contributed by atoms with Crippen LogP contribution in [0, 0.1) is 0 Å². The number of aliphatic carboxylic acids is 1. The molecule has 0 fully saturated rings. The first-order valence-corrected chi connectivity index (χ1v) is 4.62. The normalized spacial score (nSPS) is 12.9. The van der Waals surface area contributed by atoms with E-state index in [0.29, 0.717) is 17.2 Å². The molecule has 0 aliphatic carbocycles. The summed E-state index contributed by atoms with van der Waals surface area (Å²) >= 11 is 0. The lowest BCUT2D eigenvalue weighted by Crippen LogP contribution is -2.09. The van der Waals surface area contributed by atoms with E-state index in [1.807, 2.05) is 0 Å². The molecule has 0 bridgehead atoms. The number of rotatable bonds is 3. The molecule has 0 atom stereocenters. The van der Waals surface area contributed by atoms with Crippen LogP contribution in [0.1, 0.15) is 6.42 Å². The van der Waals surface area contributed by atoms with Gasteiger partial charge in [-0.3, -0.25) is 4.79 Å². The fourth-order valence-electron chi connectivity index (χ4n) is 1.31. The molecule has 0 amide bonds. The minimum absolute atomic E-state index is 0.212. The van der Waals surface area contributed by atoms with Gasteiger partial charge in [0.05, 0.1) is 7.11 Å². The summed E-state index contributed by atoms with van der Waals surface area (Å²) in [5.74, 6) is 0.904. The van der Waals surface area contributed by atoms with Crippen LogP contribution >= 0.6 is 0 Å². The zero-order chi connectivity index (χ0) is 11.5. The van der Waals surface area contributed by atoms with Crippen LogP contribution in [-0.4, -0.2) is 18.2 Å². The van der Waals surface area contributed by atoms with Crippen LogP contribution in [0.5, 0.6) is 17.2 Å². The van der Waals surface area contributed by atoms with Crippen LogP contribution in [0.3, 0.4) is 0 Å². The summed E-state index contributed by atoms with van der Waals surface area (Å²) in [6.45, 7) is 0. The van der Waals surface area contributed by atoms with Gasteiger partial charge in [-0.2, -0.15) is 0 Å². The molecule has 1 aliphatic heterocycles. The minimum atomic E-state index is -0.971. The van der Waals surface area contributed by atoms with Crippen molar-refractivity contribution in [3.8, 4) is 17.2 Å². The fourth-order valence-corrected chi connectivity index (χ4v) is 1.31. The number of carboxylic acid groups (broad SMARTS) is 1. The third-order valence-corrected chi connectivity index (χ3v) is 2.03. The summed E-state index contributed by atoms with van der Waals surface area (Å²) in [5, 5.41) is 8.61. The first-order valence-electron chi connectivity index (χ1n) is 4.62. The summed E-state index contributed by atoms with van der Waals surface area (Å²) in [4.78, 5) is 10.5. The Bertz CT molecular complexity index is 450. The molecule has 1 aliphatic rings. The fraction of sp³-hybridized carbons (Fsp3) is 0.182. The van der Waals surface area contributed by atoms with Gasteiger partial charge >= 0.3 is 5.97 Å². The van der Waals surface area contributed by atoms with Gasteiger partial charge in [0, 0.05) is 6.07 Å². The molecule has 84 valence electrons. The van der Waals surface area contributed by atoms with Crippen molar-refractivity contribution >= 4 is 5.97 Å². The van der Waals surface area contributed by atoms with Gasteiger partial charge in [-0.25, -0.2) is 0 Å². The van der Waals surface area contributed by atoms with E-state index in [1.54, 1.807) is 25.3 Å². The Morgan fingerprint density at radius 1 is 1.44 bits per heavy atom. The van der Waals surface area contributed by atoms with Crippen molar-refractivity contribution in [1.82, 2.24) is 0 Å². The summed E-state index contributed by atoms with van der Waals surface area (Å²) in [5.41, 5.74) is 0. The molecule has 1 aromatic rings. The van der Waals surface area contributed by atoms with Crippen molar-refractivity contribution < 1.29 is 24.1 Å². The molecule has 5 nitrogen and oxygen atoms in total. The van der Waals surface area contributed by atoms with Crippen molar-refractivity contribution in [2.24, 2.45) is 0 Å². The van der Waals surface area contributed by atoms with Crippen LogP contribution in [-0.2, 0) is 4.79 Å². The van der Waals surface area contributed by atoms with Gasteiger partial charge in [-0.05, 0) is 12.1 Å². The lowest BCUT2D eigenvalue weighted by molar-refractivity contribution is -0.136. The van der Waals surface area contributed by atoms with E-state index < -0.39 is 5.97 Å². The van der Waals surface area contributed by atoms with E-state index in [2.05, 4.69) is 0 Å². The Kier molecular flexibility index (Phi) is 2.68. The SMILES string of the molecule is COc1ccc2c(c1)OC(CC(=O)O)=CO2. The molecule has 1 heterocycles. The number of fused-ring (bicyclic) bond motifs is 1. The summed E-state index contributed by atoms with van der Waals surface area (Å²) in [7, 11) is 1.54. The van der Waals surface area contributed by atoms with Gasteiger partial charge in [0.15, 0.2) is 17.3 Å². The van der Waals surface area contributed by atoms with Crippen LogP contribution in [0.2, 0.25) is 0 Å². The topological polar surface area (TPSA) is 65.0 Å². The zero-order valence-electron chi connectivity index (χ0n) is 8.60. The number of hydrogen-bond donors (Lipinski definition) is 1. The van der Waals surface area contributed by atoms with Gasteiger partial charge in [-0.1, -0.05) is 0 Å². The standard InChI is InChI=1S/C11H10O5/c1-14-7-2-3-9-10(4-7)16-8(6-15-9)5-11(12)13/h2-4,6H,5H2,1H3,(H,12,13). The van der Waals surface area contributed by atoms with E-state index in [4.69, 9.17) is 19.3 Å². The van der Waals surface area contributed by atoms with Gasteiger partial charge in [0.25, 0.3) is 0 Å². The van der Waals surface area contributed by atoms with Gasteiger partial charge in [0.1, 0.15) is 18.4 Å². The van der Waals surface area contributed by atoms with Crippen LogP contribution in [0.4, 0.5) is 0 Å². The third kappa shape index (κ3) is 2.08.